The van der Waals surface area contributed by atoms with E-state index in [4.69, 9.17) is 10.9 Å². The van der Waals surface area contributed by atoms with Crippen molar-refractivity contribution in [2.45, 2.75) is 19.5 Å². The molecule has 1 unspecified atom stereocenters. The van der Waals surface area contributed by atoms with Gasteiger partial charge in [0.05, 0.1) is 18.8 Å². The molecule has 0 aliphatic carbocycles. The Morgan fingerprint density at radius 2 is 2.73 bits per heavy atom. The zero-order chi connectivity index (χ0) is 8.10. The molecule has 1 heterocycles. The molecule has 0 spiro atoms. The SMILES string of the molecule is C#CC(C)NCc1ccno1. The van der Waals surface area contributed by atoms with Gasteiger partial charge in [-0.25, -0.2) is 0 Å². The molecular weight excluding hydrogens is 140 g/mol. The summed E-state index contributed by atoms with van der Waals surface area (Å²) in [7, 11) is 0. The third-order valence-corrected chi connectivity index (χ3v) is 1.32. The molecule has 3 nitrogen and oxygen atoms in total. The molecule has 0 bridgehead atoms. The Hall–Kier alpha value is -1.27. The van der Waals surface area contributed by atoms with Crippen LogP contribution in [-0.4, -0.2) is 11.2 Å². The van der Waals surface area contributed by atoms with E-state index < -0.39 is 0 Å². The highest BCUT2D eigenvalue weighted by molar-refractivity contribution is 4.98. The Morgan fingerprint density at radius 1 is 1.91 bits per heavy atom. The standard InChI is InChI=1S/C8H10N2O/c1-3-7(2)9-6-8-4-5-10-11-8/h1,4-5,7,9H,6H2,2H3. The van der Waals surface area contributed by atoms with Crippen molar-refractivity contribution in [1.82, 2.24) is 10.5 Å². The van der Waals surface area contributed by atoms with Gasteiger partial charge in [0.15, 0.2) is 0 Å². The quantitative estimate of drug-likeness (QED) is 0.647. The normalized spacial score (nSPS) is 12.4. The van der Waals surface area contributed by atoms with Crippen molar-refractivity contribution in [1.29, 1.82) is 0 Å². The van der Waals surface area contributed by atoms with Crippen LogP contribution in [0.4, 0.5) is 0 Å². The van der Waals surface area contributed by atoms with Crippen molar-refractivity contribution in [3.63, 3.8) is 0 Å². The maximum absolute atomic E-state index is 5.15. The molecule has 0 saturated heterocycles. The number of aromatic nitrogens is 1. The van der Waals surface area contributed by atoms with E-state index in [1.165, 1.54) is 0 Å². The Morgan fingerprint density at radius 3 is 3.27 bits per heavy atom. The fourth-order valence-corrected chi connectivity index (χ4v) is 0.646. The van der Waals surface area contributed by atoms with Gasteiger partial charge in [0.1, 0.15) is 5.76 Å². The summed E-state index contributed by atoms with van der Waals surface area (Å²) in [5.74, 6) is 3.35. The lowest BCUT2D eigenvalue weighted by molar-refractivity contribution is 0.371. The second-order valence-corrected chi connectivity index (χ2v) is 2.25. The van der Waals surface area contributed by atoms with Crippen molar-refractivity contribution >= 4 is 0 Å². The number of hydrogen-bond acceptors (Lipinski definition) is 3. The molecular formula is C8H10N2O. The van der Waals surface area contributed by atoms with Gasteiger partial charge in [-0.05, 0) is 6.92 Å². The topological polar surface area (TPSA) is 38.1 Å². The summed E-state index contributed by atoms with van der Waals surface area (Å²) < 4.78 is 4.85. The maximum atomic E-state index is 5.15. The molecule has 1 N–H and O–H groups in total. The summed E-state index contributed by atoms with van der Waals surface area (Å²) in [6.07, 6.45) is 6.76. The number of rotatable bonds is 3. The Bertz CT molecular complexity index is 235. The third-order valence-electron chi connectivity index (χ3n) is 1.32. The number of hydrogen-bond donors (Lipinski definition) is 1. The van der Waals surface area contributed by atoms with Crippen LogP contribution in [0.25, 0.3) is 0 Å². The van der Waals surface area contributed by atoms with E-state index in [-0.39, 0.29) is 6.04 Å². The van der Waals surface area contributed by atoms with E-state index in [9.17, 15) is 0 Å². The van der Waals surface area contributed by atoms with E-state index in [1.807, 2.05) is 6.92 Å². The van der Waals surface area contributed by atoms with Crippen LogP contribution in [0.5, 0.6) is 0 Å². The summed E-state index contributed by atoms with van der Waals surface area (Å²) in [6, 6.07) is 1.87. The first-order valence-electron chi connectivity index (χ1n) is 3.42. The van der Waals surface area contributed by atoms with Gasteiger partial charge in [0.2, 0.25) is 0 Å². The fraction of sp³-hybridized carbons (Fsp3) is 0.375. The molecule has 58 valence electrons. The molecule has 0 amide bonds. The lowest BCUT2D eigenvalue weighted by Gasteiger charge is -2.02. The largest absolute Gasteiger partial charge is 0.360 e. The molecule has 0 aromatic carbocycles. The van der Waals surface area contributed by atoms with Gasteiger partial charge in [-0.1, -0.05) is 11.1 Å². The van der Waals surface area contributed by atoms with Crippen LogP contribution in [0.2, 0.25) is 0 Å². The van der Waals surface area contributed by atoms with E-state index in [0.29, 0.717) is 6.54 Å². The highest BCUT2D eigenvalue weighted by Crippen LogP contribution is 1.95. The molecule has 1 aromatic rings. The first-order valence-corrected chi connectivity index (χ1v) is 3.42. The van der Waals surface area contributed by atoms with Crippen LogP contribution >= 0.6 is 0 Å². The van der Waals surface area contributed by atoms with Crippen molar-refractivity contribution in [2.75, 3.05) is 0 Å². The van der Waals surface area contributed by atoms with Crippen LogP contribution < -0.4 is 5.32 Å². The van der Waals surface area contributed by atoms with Crippen LogP contribution in [0, 0.1) is 12.3 Å². The molecule has 3 heteroatoms. The van der Waals surface area contributed by atoms with Crippen LogP contribution in [0.1, 0.15) is 12.7 Å². The Kier molecular flexibility index (Phi) is 2.70. The van der Waals surface area contributed by atoms with Gasteiger partial charge >= 0.3 is 0 Å². The third kappa shape index (κ3) is 2.44. The molecule has 11 heavy (non-hydrogen) atoms. The first kappa shape index (κ1) is 7.83. The lowest BCUT2D eigenvalue weighted by atomic mass is 10.3. The van der Waals surface area contributed by atoms with Gasteiger partial charge < -0.3 is 4.52 Å². The minimum Gasteiger partial charge on any atom is -0.360 e. The van der Waals surface area contributed by atoms with Crippen LogP contribution in [0.3, 0.4) is 0 Å². The van der Waals surface area contributed by atoms with Crippen LogP contribution in [-0.2, 0) is 6.54 Å². The smallest absolute Gasteiger partial charge is 0.150 e. The maximum Gasteiger partial charge on any atom is 0.150 e. The molecule has 0 aliphatic heterocycles. The second-order valence-electron chi connectivity index (χ2n) is 2.25. The van der Waals surface area contributed by atoms with Crippen molar-refractivity contribution in [3.05, 3.63) is 18.0 Å². The fourth-order valence-electron chi connectivity index (χ4n) is 0.646. The van der Waals surface area contributed by atoms with E-state index in [1.54, 1.807) is 12.3 Å². The molecule has 0 fully saturated rings. The number of terminal acetylenes is 1. The highest BCUT2D eigenvalue weighted by atomic mass is 16.5. The molecule has 0 aliphatic rings. The molecule has 1 aromatic heterocycles. The predicted molar refractivity (Wildman–Crippen MR) is 41.6 cm³/mol. The summed E-state index contributed by atoms with van der Waals surface area (Å²) in [6.45, 7) is 2.54. The van der Waals surface area contributed by atoms with Crippen molar-refractivity contribution < 1.29 is 4.52 Å². The molecule has 1 atom stereocenters. The molecule has 1 rings (SSSR count). The average Bonchev–Trinajstić information content (AvgIpc) is 2.52. The van der Waals surface area contributed by atoms with Gasteiger partial charge in [-0.2, -0.15) is 0 Å². The predicted octanol–water partition coefficient (Wildman–Crippen LogP) is 0.786. The minimum absolute atomic E-state index is 0.0695. The van der Waals surface area contributed by atoms with Crippen LogP contribution in [0.15, 0.2) is 16.8 Å². The van der Waals surface area contributed by atoms with Gasteiger partial charge in [-0.15, -0.1) is 6.42 Å². The average molecular weight is 150 g/mol. The summed E-state index contributed by atoms with van der Waals surface area (Å²) in [5.41, 5.74) is 0. The summed E-state index contributed by atoms with van der Waals surface area (Å²) >= 11 is 0. The molecule has 0 radical (unpaired) electrons. The van der Waals surface area contributed by atoms with E-state index >= 15 is 0 Å². The summed E-state index contributed by atoms with van der Waals surface area (Å²) in [5, 5.41) is 6.62. The minimum atomic E-state index is 0.0695. The zero-order valence-electron chi connectivity index (χ0n) is 6.37. The Labute approximate surface area is 65.8 Å². The van der Waals surface area contributed by atoms with Crippen molar-refractivity contribution in [2.24, 2.45) is 0 Å². The summed E-state index contributed by atoms with van der Waals surface area (Å²) in [4.78, 5) is 0. The Balaban J connectivity index is 2.30. The number of nitrogens with zero attached hydrogens (tertiary/aromatic N) is 1. The van der Waals surface area contributed by atoms with E-state index in [0.717, 1.165) is 5.76 Å². The monoisotopic (exact) mass is 150 g/mol. The zero-order valence-corrected chi connectivity index (χ0v) is 6.37. The van der Waals surface area contributed by atoms with Gasteiger partial charge in [-0.3, -0.25) is 5.32 Å². The first-order chi connectivity index (χ1) is 5.33. The van der Waals surface area contributed by atoms with E-state index in [2.05, 4.69) is 16.4 Å². The number of nitrogens with one attached hydrogen (secondary N) is 1. The molecule has 0 saturated carbocycles. The van der Waals surface area contributed by atoms with Crippen molar-refractivity contribution in [3.8, 4) is 12.3 Å². The van der Waals surface area contributed by atoms with Gasteiger partial charge in [0.25, 0.3) is 0 Å². The van der Waals surface area contributed by atoms with Gasteiger partial charge in [0, 0.05) is 6.07 Å². The highest BCUT2D eigenvalue weighted by Gasteiger charge is 1.98. The lowest BCUT2D eigenvalue weighted by Crippen LogP contribution is -2.23. The second kappa shape index (κ2) is 3.79.